The number of rotatable bonds is 6. The van der Waals surface area contributed by atoms with E-state index >= 15 is 0 Å². The van der Waals surface area contributed by atoms with Crippen LogP contribution in [0.5, 0.6) is 0 Å². The quantitative estimate of drug-likeness (QED) is 0.833. The van der Waals surface area contributed by atoms with Gasteiger partial charge in [-0.1, -0.05) is 6.07 Å². The van der Waals surface area contributed by atoms with Crippen LogP contribution in [0.4, 0.5) is 8.78 Å². The molecular formula is C12H17F2NO2. The Morgan fingerprint density at radius 2 is 2.00 bits per heavy atom. The van der Waals surface area contributed by atoms with Gasteiger partial charge in [-0.05, 0) is 13.0 Å². The molecule has 0 aliphatic carbocycles. The lowest BCUT2D eigenvalue weighted by Gasteiger charge is -2.17. The first-order chi connectivity index (χ1) is 8.04. The topological polar surface area (TPSA) is 44.5 Å². The molecule has 0 spiro atoms. The van der Waals surface area contributed by atoms with Crippen LogP contribution in [-0.2, 0) is 9.47 Å². The monoisotopic (exact) mass is 245 g/mol. The van der Waals surface area contributed by atoms with Gasteiger partial charge in [0.1, 0.15) is 11.6 Å². The smallest absolute Gasteiger partial charge is 0.130 e. The van der Waals surface area contributed by atoms with Crippen LogP contribution in [0.3, 0.4) is 0 Å². The van der Waals surface area contributed by atoms with Crippen molar-refractivity contribution in [1.29, 1.82) is 0 Å². The maximum absolute atomic E-state index is 13.4. The van der Waals surface area contributed by atoms with E-state index in [0.717, 1.165) is 6.07 Å². The van der Waals surface area contributed by atoms with Crippen LogP contribution in [0.1, 0.15) is 18.5 Å². The van der Waals surface area contributed by atoms with Crippen molar-refractivity contribution < 1.29 is 18.3 Å². The fourth-order valence-electron chi connectivity index (χ4n) is 1.44. The average Bonchev–Trinajstić information content (AvgIpc) is 2.26. The van der Waals surface area contributed by atoms with Crippen molar-refractivity contribution in [2.24, 2.45) is 5.73 Å². The Morgan fingerprint density at radius 3 is 2.59 bits per heavy atom. The molecule has 0 aromatic heterocycles. The molecule has 0 saturated carbocycles. The van der Waals surface area contributed by atoms with E-state index < -0.39 is 17.7 Å². The number of halogens is 2. The number of hydrogen-bond acceptors (Lipinski definition) is 3. The van der Waals surface area contributed by atoms with Crippen LogP contribution in [-0.4, -0.2) is 26.4 Å². The third kappa shape index (κ3) is 4.38. The molecule has 0 heterocycles. The summed E-state index contributed by atoms with van der Waals surface area (Å²) in [4.78, 5) is 0. The predicted octanol–water partition coefficient (Wildman–Crippen LogP) is 2.02. The molecule has 1 aromatic rings. The molecule has 5 heteroatoms. The number of methoxy groups -OCH3 is 1. The molecule has 96 valence electrons. The van der Waals surface area contributed by atoms with Crippen LogP contribution >= 0.6 is 0 Å². The summed E-state index contributed by atoms with van der Waals surface area (Å²) in [6.07, 6.45) is -0.116. The van der Waals surface area contributed by atoms with E-state index in [4.69, 9.17) is 15.2 Å². The Bertz CT molecular complexity index is 360. The normalized spacial score (nSPS) is 14.6. The standard InChI is InChI=1S/C12H17F2NO2/c1-8(6-16-2)17-7-12(15)10-4-3-9(13)5-11(10)14/h3-5,8,12H,6-7,15H2,1-2H3. The van der Waals surface area contributed by atoms with Crippen LogP contribution in [0, 0.1) is 11.6 Å². The number of benzene rings is 1. The zero-order chi connectivity index (χ0) is 12.8. The molecule has 0 aliphatic heterocycles. The van der Waals surface area contributed by atoms with E-state index in [1.54, 1.807) is 7.11 Å². The molecule has 0 amide bonds. The summed E-state index contributed by atoms with van der Waals surface area (Å²) in [7, 11) is 1.57. The minimum atomic E-state index is -0.652. The Hall–Kier alpha value is -1.04. The van der Waals surface area contributed by atoms with Crippen LogP contribution in [0.15, 0.2) is 18.2 Å². The number of nitrogens with two attached hydrogens (primary N) is 1. The lowest BCUT2D eigenvalue weighted by molar-refractivity contribution is 0.00299. The second kappa shape index (κ2) is 6.64. The van der Waals surface area contributed by atoms with Crippen molar-refractivity contribution in [3.05, 3.63) is 35.4 Å². The van der Waals surface area contributed by atoms with Crippen molar-refractivity contribution in [3.63, 3.8) is 0 Å². The molecule has 2 atom stereocenters. The van der Waals surface area contributed by atoms with E-state index in [0.29, 0.717) is 6.61 Å². The van der Waals surface area contributed by atoms with Crippen LogP contribution in [0.2, 0.25) is 0 Å². The Balaban J connectivity index is 2.54. The van der Waals surface area contributed by atoms with Gasteiger partial charge in [-0.2, -0.15) is 0 Å². The van der Waals surface area contributed by atoms with E-state index in [-0.39, 0.29) is 18.3 Å². The summed E-state index contributed by atoms with van der Waals surface area (Å²) >= 11 is 0. The van der Waals surface area contributed by atoms with Gasteiger partial charge in [0.2, 0.25) is 0 Å². The zero-order valence-electron chi connectivity index (χ0n) is 9.95. The van der Waals surface area contributed by atoms with Crippen molar-refractivity contribution in [2.75, 3.05) is 20.3 Å². The summed E-state index contributed by atoms with van der Waals surface area (Å²) in [5.74, 6) is -1.27. The van der Waals surface area contributed by atoms with Gasteiger partial charge in [-0.3, -0.25) is 0 Å². The molecule has 2 N–H and O–H groups in total. The third-order valence-corrected chi connectivity index (χ3v) is 2.32. The summed E-state index contributed by atoms with van der Waals surface area (Å²) in [5, 5.41) is 0. The number of ether oxygens (including phenoxy) is 2. The SMILES string of the molecule is COCC(C)OCC(N)c1ccc(F)cc1F. The Morgan fingerprint density at radius 1 is 1.29 bits per heavy atom. The molecule has 1 aromatic carbocycles. The van der Waals surface area contributed by atoms with Crippen molar-refractivity contribution in [1.82, 2.24) is 0 Å². The van der Waals surface area contributed by atoms with Gasteiger partial charge in [0, 0.05) is 18.7 Å². The molecular weight excluding hydrogens is 228 g/mol. The molecule has 0 fully saturated rings. The second-order valence-corrected chi connectivity index (χ2v) is 3.87. The summed E-state index contributed by atoms with van der Waals surface area (Å²) in [5.41, 5.74) is 6.01. The van der Waals surface area contributed by atoms with Crippen LogP contribution in [0.25, 0.3) is 0 Å². The fraction of sp³-hybridized carbons (Fsp3) is 0.500. The first-order valence-electron chi connectivity index (χ1n) is 5.35. The highest BCUT2D eigenvalue weighted by Gasteiger charge is 2.13. The average molecular weight is 245 g/mol. The zero-order valence-corrected chi connectivity index (χ0v) is 9.95. The first-order valence-corrected chi connectivity index (χ1v) is 5.35. The molecule has 3 nitrogen and oxygen atoms in total. The molecule has 17 heavy (non-hydrogen) atoms. The molecule has 2 unspecified atom stereocenters. The lowest BCUT2D eigenvalue weighted by Crippen LogP contribution is -2.24. The molecule has 0 bridgehead atoms. The minimum absolute atomic E-state index is 0.116. The highest BCUT2D eigenvalue weighted by Crippen LogP contribution is 2.16. The van der Waals surface area contributed by atoms with Gasteiger partial charge >= 0.3 is 0 Å². The van der Waals surface area contributed by atoms with E-state index in [1.165, 1.54) is 12.1 Å². The third-order valence-electron chi connectivity index (χ3n) is 2.32. The molecule has 0 aliphatic rings. The summed E-state index contributed by atoms with van der Waals surface area (Å²) in [6, 6.07) is 2.71. The minimum Gasteiger partial charge on any atom is -0.382 e. The van der Waals surface area contributed by atoms with Crippen molar-refractivity contribution in [3.8, 4) is 0 Å². The second-order valence-electron chi connectivity index (χ2n) is 3.87. The van der Waals surface area contributed by atoms with Crippen molar-refractivity contribution >= 4 is 0 Å². The first kappa shape index (κ1) is 14.0. The predicted molar refractivity (Wildman–Crippen MR) is 60.6 cm³/mol. The highest BCUT2D eigenvalue weighted by atomic mass is 19.1. The van der Waals surface area contributed by atoms with Crippen LogP contribution < -0.4 is 5.73 Å². The highest BCUT2D eigenvalue weighted by molar-refractivity contribution is 5.21. The van der Waals surface area contributed by atoms with Gasteiger partial charge < -0.3 is 15.2 Å². The Kier molecular flexibility index (Phi) is 5.47. The van der Waals surface area contributed by atoms with Gasteiger partial charge in [0.15, 0.2) is 0 Å². The maximum atomic E-state index is 13.4. The van der Waals surface area contributed by atoms with Gasteiger partial charge in [0.25, 0.3) is 0 Å². The van der Waals surface area contributed by atoms with E-state index in [1.807, 2.05) is 6.92 Å². The van der Waals surface area contributed by atoms with Gasteiger partial charge in [0.05, 0.1) is 25.4 Å². The molecule has 0 radical (unpaired) electrons. The number of hydrogen-bond donors (Lipinski definition) is 1. The molecule has 1 rings (SSSR count). The molecule has 0 saturated heterocycles. The largest absolute Gasteiger partial charge is 0.382 e. The van der Waals surface area contributed by atoms with E-state index in [9.17, 15) is 8.78 Å². The lowest BCUT2D eigenvalue weighted by atomic mass is 10.1. The fourth-order valence-corrected chi connectivity index (χ4v) is 1.44. The summed E-state index contributed by atoms with van der Waals surface area (Å²) < 4.78 is 36.3. The maximum Gasteiger partial charge on any atom is 0.130 e. The summed E-state index contributed by atoms with van der Waals surface area (Å²) in [6.45, 7) is 2.43. The van der Waals surface area contributed by atoms with E-state index in [2.05, 4.69) is 0 Å². The van der Waals surface area contributed by atoms with Gasteiger partial charge in [-0.25, -0.2) is 8.78 Å². The Labute approximate surface area is 99.5 Å². The van der Waals surface area contributed by atoms with Gasteiger partial charge in [-0.15, -0.1) is 0 Å². The van der Waals surface area contributed by atoms with Crippen molar-refractivity contribution in [2.45, 2.75) is 19.1 Å².